The maximum Gasteiger partial charge on any atom is 0.236 e. The average Bonchev–Trinajstić information content (AvgIpc) is 3.15. The van der Waals surface area contributed by atoms with E-state index in [2.05, 4.69) is 20.9 Å². The number of aromatic nitrogens is 1. The first-order valence-electron chi connectivity index (χ1n) is 8.56. The molecule has 0 atom stereocenters. The van der Waals surface area contributed by atoms with Crippen LogP contribution in [0.3, 0.4) is 0 Å². The Hall–Kier alpha value is -2.23. The Morgan fingerprint density at radius 3 is 2.39 bits per heavy atom. The van der Waals surface area contributed by atoms with Gasteiger partial charge in [-0.25, -0.2) is 12.8 Å². The highest BCUT2D eigenvalue weighted by Crippen LogP contribution is 2.35. The summed E-state index contributed by atoms with van der Waals surface area (Å²) in [6, 6.07) is 12.2. The van der Waals surface area contributed by atoms with Crippen LogP contribution in [-0.4, -0.2) is 39.7 Å². The molecule has 0 aliphatic carbocycles. The zero-order valence-corrected chi connectivity index (χ0v) is 17.0. The number of ether oxygens (including phenoxy) is 1. The molecular formula is C19H16BrFN2O4S. The molecule has 0 bridgehead atoms. The van der Waals surface area contributed by atoms with Gasteiger partial charge in [0.25, 0.3) is 0 Å². The average molecular weight is 467 g/mol. The molecule has 9 heteroatoms. The molecular weight excluding hydrogens is 451 g/mol. The van der Waals surface area contributed by atoms with Gasteiger partial charge in [-0.1, -0.05) is 28.1 Å². The van der Waals surface area contributed by atoms with Crippen LogP contribution in [0.4, 0.5) is 10.3 Å². The number of nitrogens with zero attached hydrogens (tertiary/aromatic N) is 2. The molecule has 146 valence electrons. The van der Waals surface area contributed by atoms with E-state index in [0.29, 0.717) is 26.3 Å². The Morgan fingerprint density at radius 1 is 1.04 bits per heavy atom. The van der Waals surface area contributed by atoms with Crippen LogP contribution >= 0.6 is 15.9 Å². The summed E-state index contributed by atoms with van der Waals surface area (Å²) in [6.45, 7) is 1.78. The molecule has 1 aromatic heterocycles. The molecule has 0 unspecified atom stereocenters. The van der Waals surface area contributed by atoms with Gasteiger partial charge in [0, 0.05) is 17.6 Å². The van der Waals surface area contributed by atoms with Crippen LogP contribution in [0.15, 0.2) is 67.3 Å². The molecule has 0 radical (unpaired) electrons. The van der Waals surface area contributed by atoms with Crippen molar-refractivity contribution in [1.29, 1.82) is 0 Å². The quantitative estimate of drug-likeness (QED) is 0.580. The normalized spacial score (nSPS) is 15.0. The van der Waals surface area contributed by atoms with Crippen molar-refractivity contribution in [1.82, 2.24) is 4.98 Å². The van der Waals surface area contributed by atoms with Gasteiger partial charge < -0.3 is 14.1 Å². The summed E-state index contributed by atoms with van der Waals surface area (Å²) in [6.07, 6.45) is 0. The fourth-order valence-electron chi connectivity index (χ4n) is 2.91. The van der Waals surface area contributed by atoms with Gasteiger partial charge in [-0.05, 0) is 36.4 Å². The van der Waals surface area contributed by atoms with E-state index in [-0.39, 0.29) is 27.3 Å². The van der Waals surface area contributed by atoms with Gasteiger partial charge in [0.1, 0.15) is 5.82 Å². The first-order chi connectivity index (χ1) is 13.5. The van der Waals surface area contributed by atoms with Crippen molar-refractivity contribution < 1.29 is 22.0 Å². The highest BCUT2D eigenvalue weighted by atomic mass is 79.9. The van der Waals surface area contributed by atoms with Crippen molar-refractivity contribution in [3.05, 3.63) is 58.8 Å². The molecule has 28 heavy (non-hydrogen) atoms. The van der Waals surface area contributed by atoms with Crippen LogP contribution in [0.25, 0.3) is 11.5 Å². The minimum atomic E-state index is -3.97. The second-order valence-electron chi connectivity index (χ2n) is 6.17. The number of hydrogen-bond acceptors (Lipinski definition) is 6. The number of halogens is 2. The largest absolute Gasteiger partial charge is 0.419 e. The Labute approximate surface area is 170 Å². The van der Waals surface area contributed by atoms with E-state index in [9.17, 15) is 12.8 Å². The van der Waals surface area contributed by atoms with Gasteiger partial charge in [-0.15, -0.1) is 0 Å². The summed E-state index contributed by atoms with van der Waals surface area (Å²) >= 11 is 3.30. The molecule has 3 aromatic rings. The first-order valence-corrected chi connectivity index (χ1v) is 10.8. The molecule has 2 heterocycles. The third kappa shape index (κ3) is 3.57. The van der Waals surface area contributed by atoms with E-state index in [0.717, 1.165) is 4.47 Å². The molecule has 0 saturated carbocycles. The SMILES string of the molecule is O=S(=O)(c1ccc(Br)cc1)c1nc(-c2ccccc2F)oc1N1CCOCC1. The van der Waals surface area contributed by atoms with Gasteiger partial charge >= 0.3 is 0 Å². The lowest BCUT2D eigenvalue weighted by molar-refractivity contribution is 0.120. The number of rotatable bonds is 4. The summed E-state index contributed by atoms with van der Waals surface area (Å²) in [4.78, 5) is 6.04. The van der Waals surface area contributed by atoms with E-state index >= 15 is 0 Å². The maximum atomic E-state index is 14.2. The predicted molar refractivity (Wildman–Crippen MR) is 105 cm³/mol. The van der Waals surface area contributed by atoms with Crippen LogP contribution in [0.2, 0.25) is 0 Å². The van der Waals surface area contributed by atoms with Crippen molar-refractivity contribution in [3.8, 4) is 11.5 Å². The fraction of sp³-hybridized carbons (Fsp3) is 0.211. The highest BCUT2D eigenvalue weighted by Gasteiger charge is 2.32. The maximum absolute atomic E-state index is 14.2. The molecule has 1 fully saturated rings. The lowest BCUT2D eigenvalue weighted by Gasteiger charge is -2.26. The molecule has 2 aromatic carbocycles. The highest BCUT2D eigenvalue weighted by molar-refractivity contribution is 9.10. The van der Waals surface area contributed by atoms with Crippen molar-refractivity contribution in [2.24, 2.45) is 0 Å². The Bertz CT molecular complexity index is 1090. The van der Waals surface area contributed by atoms with Gasteiger partial charge in [0.2, 0.25) is 26.6 Å². The molecule has 4 rings (SSSR count). The summed E-state index contributed by atoms with van der Waals surface area (Å²) < 4.78 is 52.6. The van der Waals surface area contributed by atoms with Crippen LogP contribution in [-0.2, 0) is 14.6 Å². The predicted octanol–water partition coefficient (Wildman–Crippen LogP) is 3.91. The number of hydrogen-bond donors (Lipinski definition) is 0. The lowest BCUT2D eigenvalue weighted by atomic mass is 10.2. The topological polar surface area (TPSA) is 72.6 Å². The molecule has 1 saturated heterocycles. The Kier molecular flexibility index (Phi) is 5.22. The van der Waals surface area contributed by atoms with Crippen molar-refractivity contribution >= 4 is 31.7 Å². The summed E-state index contributed by atoms with van der Waals surface area (Å²) in [5.74, 6) is -0.510. The number of benzene rings is 2. The van der Waals surface area contributed by atoms with E-state index in [4.69, 9.17) is 9.15 Å². The minimum absolute atomic E-state index is 0.0738. The number of anilines is 1. The fourth-order valence-corrected chi connectivity index (χ4v) is 4.50. The summed E-state index contributed by atoms with van der Waals surface area (Å²) in [5, 5.41) is -0.227. The smallest absolute Gasteiger partial charge is 0.236 e. The van der Waals surface area contributed by atoms with Crippen molar-refractivity contribution in [2.75, 3.05) is 31.2 Å². The van der Waals surface area contributed by atoms with Gasteiger partial charge in [0.05, 0.1) is 23.7 Å². The second-order valence-corrected chi connectivity index (χ2v) is 8.95. The first kappa shape index (κ1) is 19.1. The van der Waals surface area contributed by atoms with Crippen LogP contribution in [0.1, 0.15) is 0 Å². The van der Waals surface area contributed by atoms with Gasteiger partial charge in [-0.3, -0.25) is 0 Å². The van der Waals surface area contributed by atoms with Gasteiger partial charge in [-0.2, -0.15) is 4.98 Å². The summed E-state index contributed by atoms with van der Waals surface area (Å²) in [5.41, 5.74) is 0.106. The van der Waals surface area contributed by atoms with Gasteiger partial charge in [0.15, 0.2) is 0 Å². The van der Waals surface area contributed by atoms with E-state index in [1.165, 1.54) is 24.3 Å². The molecule has 6 nitrogen and oxygen atoms in total. The molecule has 0 amide bonds. The van der Waals surface area contributed by atoms with Crippen molar-refractivity contribution in [2.45, 2.75) is 9.92 Å². The molecule has 0 spiro atoms. The van der Waals surface area contributed by atoms with E-state index < -0.39 is 15.7 Å². The van der Waals surface area contributed by atoms with E-state index in [1.807, 2.05) is 0 Å². The number of oxazole rings is 1. The third-order valence-corrected chi connectivity index (χ3v) is 6.56. The Morgan fingerprint density at radius 2 is 1.71 bits per heavy atom. The zero-order valence-electron chi connectivity index (χ0n) is 14.6. The molecule has 1 aliphatic heterocycles. The number of sulfone groups is 1. The van der Waals surface area contributed by atoms with Crippen LogP contribution < -0.4 is 4.90 Å². The zero-order chi connectivity index (χ0) is 19.7. The van der Waals surface area contributed by atoms with Crippen LogP contribution in [0, 0.1) is 5.82 Å². The Balaban J connectivity index is 1.87. The lowest BCUT2D eigenvalue weighted by Crippen LogP contribution is -2.36. The third-order valence-electron chi connectivity index (χ3n) is 4.36. The summed E-state index contributed by atoms with van der Waals surface area (Å²) in [7, 11) is -3.97. The molecule has 1 aliphatic rings. The molecule has 0 N–H and O–H groups in total. The monoisotopic (exact) mass is 466 g/mol. The second kappa shape index (κ2) is 7.65. The van der Waals surface area contributed by atoms with E-state index in [1.54, 1.807) is 29.2 Å². The van der Waals surface area contributed by atoms with Crippen molar-refractivity contribution in [3.63, 3.8) is 0 Å². The van der Waals surface area contributed by atoms with Crippen LogP contribution in [0.5, 0.6) is 0 Å². The minimum Gasteiger partial charge on any atom is -0.419 e. The number of morpholine rings is 1. The standard InChI is InChI=1S/C19H16BrFN2O4S/c20-13-5-7-14(8-6-13)28(24,25)18-19(23-9-11-26-12-10-23)27-17(22-18)15-3-1-2-4-16(15)21/h1-8H,9-12H2.